The zero-order valence-corrected chi connectivity index (χ0v) is 12.2. The molecule has 1 N–H and O–H groups in total. The van der Waals surface area contributed by atoms with Crippen molar-refractivity contribution in [2.24, 2.45) is 0 Å². The van der Waals surface area contributed by atoms with E-state index in [0.29, 0.717) is 11.4 Å². The highest BCUT2D eigenvalue weighted by molar-refractivity contribution is 5.93. The summed E-state index contributed by atoms with van der Waals surface area (Å²) in [5, 5.41) is 8.88. The number of hydrogen-bond donors (Lipinski definition) is 1. The average molecular weight is 280 g/mol. The molecule has 6 heteroatoms. The van der Waals surface area contributed by atoms with Gasteiger partial charge in [-0.3, -0.25) is 9.69 Å². The first-order chi connectivity index (χ1) is 9.36. The number of carboxylic acids is 1. The molecule has 0 bridgehead atoms. The maximum absolute atomic E-state index is 12.4. The minimum atomic E-state index is -1.04. The van der Waals surface area contributed by atoms with Crippen molar-refractivity contribution in [2.75, 3.05) is 25.6 Å². The van der Waals surface area contributed by atoms with Crippen LogP contribution in [0.2, 0.25) is 0 Å². The van der Waals surface area contributed by atoms with E-state index < -0.39 is 5.97 Å². The largest absolute Gasteiger partial charge is 0.497 e. The summed E-state index contributed by atoms with van der Waals surface area (Å²) in [7, 11) is 3.15. The molecule has 0 aliphatic rings. The SMILES string of the molecule is COc1cccc(N(C)C(=O)N(CC(=O)O)C(C)C)c1. The lowest BCUT2D eigenvalue weighted by Gasteiger charge is -2.30. The fourth-order valence-electron chi connectivity index (χ4n) is 1.74. The van der Waals surface area contributed by atoms with E-state index >= 15 is 0 Å². The molecule has 0 saturated carbocycles. The molecular weight excluding hydrogens is 260 g/mol. The van der Waals surface area contributed by atoms with Crippen LogP contribution in [-0.2, 0) is 4.79 Å². The molecule has 1 rings (SSSR count). The van der Waals surface area contributed by atoms with Crippen molar-refractivity contribution in [3.05, 3.63) is 24.3 Å². The van der Waals surface area contributed by atoms with E-state index in [1.165, 1.54) is 9.80 Å². The lowest BCUT2D eigenvalue weighted by molar-refractivity contribution is -0.137. The Bertz CT molecular complexity index is 488. The van der Waals surface area contributed by atoms with Crippen molar-refractivity contribution in [3.63, 3.8) is 0 Å². The number of anilines is 1. The molecule has 0 unspecified atom stereocenters. The Hall–Kier alpha value is -2.24. The second-order valence-electron chi connectivity index (χ2n) is 4.66. The molecule has 1 aromatic rings. The van der Waals surface area contributed by atoms with Gasteiger partial charge in [0.25, 0.3) is 0 Å². The Labute approximate surface area is 118 Å². The third-order valence-electron chi connectivity index (χ3n) is 2.90. The van der Waals surface area contributed by atoms with Gasteiger partial charge in [-0.1, -0.05) is 6.07 Å². The summed E-state index contributed by atoms with van der Waals surface area (Å²) in [6.45, 7) is 3.23. The topological polar surface area (TPSA) is 70.1 Å². The van der Waals surface area contributed by atoms with E-state index in [2.05, 4.69) is 0 Å². The van der Waals surface area contributed by atoms with Crippen LogP contribution in [0, 0.1) is 0 Å². The normalized spacial score (nSPS) is 10.2. The quantitative estimate of drug-likeness (QED) is 0.896. The highest BCUT2D eigenvalue weighted by atomic mass is 16.5. The molecule has 2 amide bonds. The number of ether oxygens (including phenoxy) is 1. The summed E-state index contributed by atoms with van der Waals surface area (Å²) in [5.41, 5.74) is 0.644. The number of hydrogen-bond acceptors (Lipinski definition) is 3. The van der Waals surface area contributed by atoms with E-state index in [-0.39, 0.29) is 18.6 Å². The number of aliphatic carboxylic acids is 1. The van der Waals surface area contributed by atoms with Crippen molar-refractivity contribution in [3.8, 4) is 5.75 Å². The maximum Gasteiger partial charge on any atom is 0.324 e. The zero-order chi connectivity index (χ0) is 15.3. The number of urea groups is 1. The molecule has 0 aliphatic carbocycles. The number of rotatable bonds is 5. The van der Waals surface area contributed by atoms with E-state index in [0.717, 1.165) is 0 Å². The molecular formula is C14H20N2O4. The first-order valence-corrected chi connectivity index (χ1v) is 6.27. The van der Waals surface area contributed by atoms with Gasteiger partial charge in [0.2, 0.25) is 0 Å². The monoisotopic (exact) mass is 280 g/mol. The van der Waals surface area contributed by atoms with Gasteiger partial charge in [-0.2, -0.15) is 0 Å². The van der Waals surface area contributed by atoms with Crippen LogP contribution in [0.3, 0.4) is 0 Å². The smallest absolute Gasteiger partial charge is 0.324 e. The van der Waals surface area contributed by atoms with E-state index in [1.54, 1.807) is 52.3 Å². The van der Waals surface area contributed by atoms with Crippen LogP contribution in [0.4, 0.5) is 10.5 Å². The van der Waals surface area contributed by atoms with Crippen LogP contribution in [0.1, 0.15) is 13.8 Å². The molecule has 6 nitrogen and oxygen atoms in total. The minimum absolute atomic E-state index is 0.202. The average Bonchev–Trinajstić information content (AvgIpc) is 2.42. The standard InChI is InChI=1S/C14H20N2O4/c1-10(2)16(9-13(17)18)14(19)15(3)11-6-5-7-12(8-11)20-4/h5-8,10H,9H2,1-4H3,(H,17,18). The lowest BCUT2D eigenvalue weighted by Crippen LogP contribution is -2.47. The zero-order valence-electron chi connectivity index (χ0n) is 12.2. The van der Waals surface area contributed by atoms with Crippen molar-refractivity contribution >= 4 is 17.7 Å². The molecule has 110 valence electrons. The van der Waals surface area contributed by atoms with Crippen molar-refractivity contribution in [2.45, 2.75) is 19.9 Å². The fourth-order valence-corrected chi connectivity index (χ4v) is 1.74. The number of nitrogens with zero attached hydrogens (tertiary/aromatic N) is 2. The Morgan fingerprint density at radius 1 is 1.35 bits per heavy atom. The predicted octanol–water partition coefficient (Wildman–Crippen LogP) is 2.05. The van der Waals surface area contributed by atoms with Gasteiger partial charge < -0.3 is 14.7 Å². The minimum Gasteiger partial charge on any atom is -0.497 e. The highest BCUT2D eigenvalue weighted by Crippen LogP contribution is 2.21. The second-order valence-corrected chi connectivity index (χ2v) is 4.66. The third kappa shape index (κ3) is 3.88. The van der Waals surface area contributed by atoms with Crippen LogP contribution in [-0.4, -0.2) is 48.8 Å². The first-order valence-electron chi connectivity index (χ1n) is 6.27. The summed E-state index contributed by atoms with van der Waals surface area (Å²) in [6, 6.07) is 6.47. The van der Waals surface area contributed by atoms with Crippen molar-refractivity contribution in [1.29, 1.82) is 0 Å². The summed E-state index contributed by atoms with van der Waals surface area (Å²) >= 11 is 0. The molecule has 0 atom stereocenters. The van der Waals surface area contributed by atoms with Gasteiger partial charge in [-0.25, -0.2) is 4.79 Å². The first kappa shape index (κ1) is 15.8. The number of methoxy groups -OCH3 is 1. The number of carbonyl (C=O) groups excluding carboxylic acids is 1. The van der Waals surface area contributed by atoms with Gasteiger partial charge in [0.15, 0.2) is 0 Å². The Morgan fingerprint density at radius 2 is 2.00 bits per heavy atom. The van der Waals surface area contributed by atoms with E-state index in [4.69, 9.17) is 9.84 Å². The van der Waals surface area contributed by atoms with E-state index in [9.17, 15) is 9.59 Å². The van der Waals surface area contributed by atoms with Crippen LogP contribution in [0.5, 0.6) is 5.75 Å². The van der Waals surface area contributed by atoms with Gasteiger partial charge in [0.05, 0.1) is 7.11 Å². The molecule has 0 aliphatic heterocycles. The van der Waals surface area contributed by atoms with Crippen LogP contribution in [0.25, 0.3) is 0 Å². The van der Waals surface area contributed by atoms with Crippen molar-refractivity contribution < 1.29 is 19.4 Å². The number of carbonyl (C=O) groups is 2. The Balaban J connectivity index is 2.95. The molecule has 0 saturated heterocycles. The van der Waals surface area contributed by atoms with Gasteiger partial charge in [0, 0.05) is 24.8 Å². The number of carboxylic acid groups (broad SMARTS) is 1. The van der Waals surface area contributed by atoms with Gasteiger partial charge in [-0.15, -0.1) is 0 Å². The van der Waals surface area contributed by atoms with Gasteiger partial charge >= 0.3 is 12.0 Å². The van der Waals surface area contributed by atoms with E-state index in [1.807, 2.05) is 0 Å². The Morgan fingerprint density at radius 3 is 2.50 bits per heavy atom. The molecule has 0 aromatic heterocycles. The maximum atomic E-state index is 12.4. The fraction of sp³-hybridized carbons (Fsp3) is 0.429. The number of benzene rings is 1. The highest BCUT2D eigenvalue weighted by Gasteiger charge is 2.24. The molecule has 0 radical (unpaired) electrons. The molecule has 1 aromatic carbocycles. The summed E-state index contributed by atoms with van der Waals surface area (Å²) in [4.78, 5) is 25.9. The van der Waals surface area contributed by atoms with Crippen LogP contribution < -0.4 is 9.64 Å². The summed E-state index contributed by atoms with van der Waals surface area (Å²) in [6.07, 6.45) is 0. The number of amides is 2. The molecule has 0 heterocycles. The Kier molecular flexibility index (Phi) is 5.37. The lowest BCUT2D eigenvalue weighted by atomic mass is 10.2. The summed E-state index contributed by atoms with van der Waals surface area (Å²) < 4.78 is 5.11. The molecule has 0 spiro atoms. The van der Waals surface area contributed by atoms with Crippen LogP contribution >= 0.6 is 0 Å². The van der Waals surface area contributed by atoms with Gasteiger partial charge in [0.1, 0.15) is 12.3 Å². The molecule has 20 heavy (non-hydrogen) atoms. The van der Waals surface area contributed by atoms with Crippen molar-refractivity contribution in [1.82, 2.24) is 4.90 Å². The molecule has 0 fully saturated rings. The predicted molar refractivity (Wildman–Crippen MR) is 76.3 cm³/mol. The third-order valence-corrected chi connectivity index (χ3v) is 2.90. The summed E-state index contributed by atoms with van der Waals surface area (Å²) in [5.74, 6) is -0.400. The van der Waals surface area contributed by atoms with Crippen LogP contribution in [0.15, 0.2) is 24.3 Å². The second kappa shape index (κ2) is 6.79. The van der Waals surface area contributed by atoms with Gasteiger partial charge in [-0.05, 0) is 26.0 Å².